The lowest BCUT2D eigenvalue weighted by atomic mass is 9.96. The highest BCUT2D eigenvalue weighted by Crippen LogP contribution is 2.32. The lowest BCUT2D eigenvalue weighted by Gasteiger charge is -2.17. The van der Waals surface area contributed by atoms with Gasteiger partial charge in [-0.25, -0.2) is 0 Å². The van der Waals surface area contributed by atoms with Crippen molar-refractivity contribution < 1.29 is 10.1 Å². The molecule has 0 saturated carbocycles. The van der Waals surface area contributed by atoms with Gasteiger partial charge in [0.2, 0.25) is 0 Å². The van der Waals surface area contributed by atoms with Crippen LogP contribution >= 0.6 is 22.7 Å². The van der Waals surface area contributed by atoms with Gasteiger partial charge in [0, 0.05) is 33.4 Å². The average Bonchev–Trinajstić information content (AvgIpc) is 3.50. The number of fused-ring (bicyclic) bond motifs is 1. The maximum atomic E-state index is 12.5. The van der Waals surface area contributed by atoms with Crippen LogP contribution in [0.5, 0.6) is 0 Å². The Morgan fingerprint density at radius 3 is 2.72 bits per heavy atom. The molecule has 0 aliphatic carbocycles. The zero-order valence-electron chi connectivity index (χ0n) is 16.4. The van der Waals surface area contributed by atoms with E-state index in [1.807, 2.05) is 13.0 Å². The summed E-state index contributed by atoms with van der Waals surface area (Å²) in [7, 11) is 0. The number of aromatic nitrogens is 1. The Labute approximate surface area is 179 Å². The molecule has 4 nitrogen and oxygen atoms in total. The summed E-state index contributed by atoms with van der Waals surface area (Å²) >= 11 is 3.51. The van der Waals surface area contributed by atoms with Gasteiger partial charge in [0.15, 0.2) is 6.04 Å². The van der Waals surface area contributed by atoms with Crippen molar-refractivity contribution >= 4 is 39.5 Å². The summed E-state index contributed by atoms with van der Waals surface area (Å²) in [5.74, 6) is 0.359. The van der Waals surface area contributed by atoms with Crippen molar-refractivity contribution in [3.63, 3.8) is 0 Å². The minimum Gasteiger partial charge on any atom is -0.361 e. The topological polar surface area (TPSA) is 61.5 Å². The van der Waals surface area contributed by atoms with Crippen LogP contribution in [0.2, 0.25) is 0 Å². The van der Waals surface area contributed by atoms with Crippen LogP contribution in [0.25, 0.3) is 10.9 Å². The Kier molecular flexibility index (Phi) is 6.44. The zero-order valence-corrected chi connectivity index (χ0v) is 18.1. The van der Waals surface area contributed by atoms with E-state index in [1.54, 1.807) is 22.7 Å². The van der Waals surface area contributed by atoms with E-state index in [2.05, 4.69) is 75.0 Å². The van der Waals surface area contributed by atoms with Crippen LogP contribution in [-0.2, 0) is 11.2 Å². The molecule has 0 radical (unpaired) electrons. The number of para-hydroxylation sites is 1. The van der Waals surface area contributed by atoms with Crippen LogP contribution in [0.15, 0.2) is 65.5 Å². The van der Waals surface area contributed by atoms with Gasteiger partial charge in [-0.05, 0) is 47.9 Å². The average molecular weight is 425 g/mol. The van der Waals surface area contributed by atoms with Gasteiger partial charge in [0.05, 0.1) is 12.5 Å². The fourth-order valence-electron chi connectivity index (χ4n) is 3.64. The van der Waals surface area contributed by atoms with Crippen LogP contribution in [0.1, 0.15) is 28.2 Å². The number of aromatic amines is 1. The first-order valence-electron chi connectivity index (χ1n) is 9.95. The number of thiophene rings is 2. The summed E-state index contributed by atoms with van der Waals surface area (Å²) in [5, 5.41) is 10.7. The highest BCUT2D eigenvalue weighted by Gasteiger charge is 2.24. The van der Waals surface area contributed by atoms with E-state index in [-0.39, 0.29) is 17.9 Å². The predicted octanol–water partition coefficient (Wildman–Crippen LogP) is 3.73. The van der Waals surface area contributed by atoms with E-state index in [4.69, 9.17) is 0 Å². The van der Waals surface area contributed by atoms with Gasteiger partial charge in [0.1, 0.15) is 0 Å². The van der Waals surface area contributed by atoms with E-state index in [9.17, 15) is 4.79 Å². The molecular weight excluding hydrogens is 398 g/mol. The van der Waals surface area contributed by atoms with Crippen molar-refractivity contribution in [2.24, 2.45) is 0 Å². The summed E-state index contributed by atoms with van der Waals surface area (Å²) in [4.78, 5) is 18.6. The number of carbonyl (C=O) groups excluding carboxylic acids is 1. The first kappa shape index (κ1) is 19.9. The summed E-state index contributed by atoms with van der Waals surface area (Å²) < 4.78 is 0. The van der Waals surface area contributed by atoms with Crippen LogP contribution < -0.4 is 10.6 Å². The van der Waals surface area contributed by atoms with Crippen molar-refractivity contribution in [1.29, 1.82) is 0 Å². The van der Waals surface area contributed by atoms with E-state index in [1.165, 1.54) is 20.7 Å². The van der Waals surface area contributed by atoms with Crippen molar-refractivity contribution in [2.75, 3.05) is 13.1 Å². The van der Waals surface area contributed by atoms with Gasteiger partial charge < -0.3 is 15.6 Å². The van der Waals surface area contributed by atoms with Gasteiger partial charge in [-0.3, -0.25) is 4.79 Å². The summed E-state index contributed by atoms with van der Waals surface area (Å²) in [6, 6.07) is 16.7. The Hall–Kier alpha value is -2.41. The SMILES string of the molecule is C[C@H]([NH2+]C[C@@H](c1cccs1)c1c[nH]c2ccccc12)C(=O)NCCc1cccs1. The molecule has 0 aliphatic rings. The second-order valence-corrected chi connectivity index (χ2v) is 9.25. The third-order valence-corrected chi connectivity index (χ3v) is 7.20. The highest BCUT2D eigenvalue weighted by molar-refractivity contribution is 7.10. The maximum absolute atomic E-state index is 12.5. The molecule has 0 spiro atoms. The zero-order chi connectivity index (χ0) is 20.1. The molecule has 1 aromatic carbocycles. The first-order valence-corrected chi connectivity index (χ1v) is 11.7. The molecule has 0 bridgehead atoms. The highest BCUT2D eigenvalue weighted by atomic mass is 32.1. The molecule has 0 aliphatic heterocycles. The predicted molar refractivity (Wildman–Crippen MR) is 122 cm³/mol. The van der Waals surface area contributed by atoms with Crippen LogP contribution in [0.4, 0.5) is 0 Å². The summed E-state index contributed by atoms with van der Waals surface area (Å²) in [5.41, 5.74) is 2.45. The number of rotatable bonds is 9. The third-order valence-electron chi connectivity index (χ3n) is 5.27. The van der Waals surface area contributed by atoms with Gasteiger partial charge in [-0.1, -0.05) is 30.3 Å². The quantitative estimate of drug-likeness (QED) is 0.377. The molecule has 3 aromatic heterocycles. The number of quaternary nitrogens is 1. The number of amides is 1. The Bertz CT molecular complexity index is 1040. The van der Waals surface area contributed by atoms with E-state index in [0.29, 0.717) is 6.54 Å². The molecule has 2 atom stereocenters. The standard InChI is InChI=1S/C23H25N3OS2/c1-16(23(27)24-11-10-17-6-4-12-28-17)25-15-20(22-9-5-13-29-22)19-14-26-21-8-3-2-7-18(19)21/h2-9,12-14,16,20,25-26H,10-11,15H2,1H3,(H,24,27)/p+1/t16-,20+/m0/s1. The van der Waals surface area contributed by atoms with Crippen molar-refractivity contribution in [3.8, 4) is 0 Å². The largest absolute Gasteiger partial charge is 0.361 e. The Balaban J connectivity index is 1.40. The van der Waals surface area contributed by atoms with E-state index in [0.717, 1.165) is 18.5 Å². The molecule has 4 rings (SSSR count). The number of carbonyl (C=O) groups is 1. The number of H-pyrrole nitrogens is 1. The number of benzene rings is 1. The molecule has 6 heteroatoms. The number of nitrogens with one attached hydrogen (secondary N) is 2. The van der Waals surface area contributed by atoms with Crippen LogP contribution in [0, 0.1) is 0 Å². The summed E-state index contributed by atoms with van der Waals surface area (Å²) in [6.07, 6.45) is 3.01. The minimum atomic E-state index is -0.119. The second kappa shape index (κ2) is 9.39. The lowest BCUT2D eigenvalue weighted by Crippen LogP contribution is -2.92. The van der Waals surface area contributed by atoms with Crippen LogP contribution in [-0.4, -0.2) is 30.0 Å². The van der Waals surface area contributed by atoms with Gasteiger partial charge in [-0.15, -0.1) is 22.7 Å². The molecule has 4 N–H and O–H groups in total. The fraction of sp³-hybridized carbons (Fsp3) is 0.261. The number of hydrogen-bond acceptors (Lipinski definition) is 3. The first-order chi connectivity index (χ1) is 14.2. The molecule has 4 aromatic rings. The van der Waals surface area contributed by atoms with Crippen LogP contribution in [0.3, 0.4) is 0 Å². The molecule has 0 saturated heterocycles. The van der Waals surface area contributed by atoms with Gasteiger partial charge in [-0.2, -0.15) is 0 Å². The monoisotopic (exact) mass is 424 g/mol. The Morgan fingerprint density at radius 2 is 1.93 bits per heavy atom. The molecule has 150 valence electrons. The molecule has 0 fully saturated rings. The minimum absolute atomic E-state index is 0.102. The molecular formula is C23H26N3OS2+. The molecule has 0 unspecified atom stereocenters. The number of hydrogen-bond donors (Lipinski definition) is 3. The maximum Gasteiger partial charge on any atom is 0.277 e. The molecule has 3 heterocycles. The second-order valence-electron chi connectivity index (χ2n) is 7.24. The number of nitrogens with two attached hydrogens (primary N) is 1. The third kappa shape index (κ3) is 4.78. The summed E-state index contributed by atoms with van der Waals surface area (Å²) in [6.45, 7) is 3.51. The van der Waals surface area contributed by atoms with E-state index >= 15 is 0 Å². The van der Waals surface area contributed by atoms with E-state index < -0.39 is 0 Å². The fourth-order valence-corrected chi connectivity index (χ4v) is 5.21. The lowest BCUT2D eigenvalue weighted by molar-refractivity contribution is -0.674. The van der Waals surface area contributed by atoms with Gasteiger partial charge >= 0.3 is 0 Å². The normalized spacial score (nSPS) is 13.4. The van der Waals surface area contributed by atoms with Crippen molar-refractivity contribution in [1.82, 2.24) is 10.3 Å². The molecule has 1 amide bonds. The van der Waals surface area contributed by atoms with Gasteiger partial charge in [0.25, 0.3) is 5.91 Å². The Morgan fingerprint density at radius 1 is 1.10 bits per heavy atom. The molecule has 29 heavy (non-hydrogen) atoms. The van der Waals surface area contributed by atoms with Crippen molar-refractivity contribution in [3.05, 3.63) is 80.8 Å². The smallest absolute Gasteiger partial charge is 0.277 e. The van der Waals surface area contributed by atoms with Crippen molar-refractivity contribution in [2.45, 2.75) is 25.3 Å².